The summed E-state index contributed by atoms with van der Waals surface area (Å²) in [7, 11) is 1.39. The molecule has 2 rings (SSSR count). The van der Waals surface area contributed by atoms with E-state index < -0.39 is 29.1 Å². The Morgan fingerprint density at radius 1 is 1.20 bits per heavy atom. The summed E-state index contributed by atoms with van der Waals surface area (Å²) in [5.74, 6) is -1.79. The van der Waals surface area contributed by atoms with Gasteiger partial charge in [-0.1, -0.05) is 50.8 Å². The number of carbonyl (C=O) groups excluding carboxylic acids is 4. The standard InChI is InChI=1S/C23H26N2O5/c1-7-8-9-17-14(4)20(27)23(21(17)28,25-15(5)26)18-11-10-16(13(2)3)12-19(18)30-22(29)24-6/h7-13H,4H2,1-3,5-6H3,(H,24,29)(H,25,26)/b8-7-,17-9+. The molecule has 1 atom stereocenters. The highest BCUT2D eigenvalue weighted by atomic mass is 16.6. The first-order valence-corrected chi connectivity index (χ1v) is 9.54. The van der Waals surface area contributed by atoms with Crippen molar-refractivity contribution in [2.75, 3.05) is 7.05 Å². The minimum atomic E-state index is -2.06. The maximum absolute atomic E-state index is 13.5. The summed E-state index contributed by atoms with van der Waals surface area (Å²) in [6.45, 7) is 10.6. The molecule has 1 fully saturated rings. The molecule has 1 unspecified atom stereocenters. The van der Waals surface area contributed by atoms with Crippen LogP contribution < -0.4 is 15.4 Å². The Kier molecular flexibility index (Phi) is 6.77. The van der Waals surface area contributed by atoms with Crippen LogP contribution in [0.2, 0.25) is 0 Å². The van der Waals surface area contributed by atoms with Crippen molar-refractivity contribution in [1.29, 1.82) is 0 Å². The molecule has 30 heavy (non-hydrogen) atoms. The van der Waals surface area contributed by atoms with Gasteiger partial charge in [0.1, 0.15) is 5.75 Å². The molecule has 0 spiro atoms. The predicted octanol–water partition coefficient (Wildman–Crippen LogP) is 3.07. The van der Waals surface area contributed by atoms with Gasteiger partial charge < -0.3 is 15.4 Å². The van der Waals surface area contributed by atoms with Crippen molar-refractivity contribution >= 4 is 23.6 Å². The van der Waals surface area contributed by atoms with Crippen LogP contribution in [-0.2, 0) is 19.9 Å². The van der Waals surface area contributed by atoms with E-state index in [0.717, 1.165) is 5.56 Å². The van der Waals surface area contributed by atoms with Gasteiger partial charge in [0.25, 0.3) is 0 Å². The van der Waals surface area contributed by atoms with Gasteiger partial charge in [-0.2, -0.15) is 0 Å². The maximum atomic E-state index is 13.5. The van der Waals surface area contributed by atoms with Gasteiger partial charge in [0.2, 0.25) is 17.5 Å². The van der Waals surface area contributed by atoms with E-state index in [4.69, 9.17) is 4.74 Å². The summed E-state index contributed by atoms with van der Waals surface area (Å²) in [5.41, 5.74) is -1.09. The molecule has 2 amide bonds. The molecule has 0 bridgehead atoms. The largest absolute Gasteiger partial charge is 0.412 e. The predicted molar refractivity (Wildman–Crippen MR) is 113 cm³/mol. The van der Waals surface area contributed by atoms with E-state index >= 15 is 0 Å². The zero-order chi connectivity index (χ0) is 22.6. The molecular formula is C23H26N2O5. The molecule has 1 saturated carbocycles. The third-order valence-electron chi connectivity index (χ3n) is 4.83. The highest BCUT2D eigenvalue weighted by Crippen LogP contribution is 2.43. The molecule has 1 aromatic rings. The molecule has 7 nitrogen and oxygen atoms in total. The molecule has 0 saturated heterocycles. The van der Waals surface area contributed by atoms with Crippen molar-refractivity contribution in [3.05, 3.63) is 65.3 Å². The monoisotopic (exact) mass is 410 g/mol. The van der Waals surface area contributed by atoms with Crippen molar-refractivity contribution in [2.45, 2.75) is 39.2 Å². The average molecular weight is 410 g/mol. The normalized spacial score (nSPS) is 20.3. The number of ether oxygens (including phenoxy) is 1. The molecule has 1 aliphatic rings. The summed E-state index contributed by atoms with van der Waals surface area (Å²) >= 11 is 0. The molecule has 1 aliphatic carbocycles. The van der Waals surface area contributed by atoms with Gasteiger partial charge in [-0.05, 0) is 24.5 Å². The second-order valence-electron chi connectivity index (χ2n) is 7.22. The van der Waals surface area contributed by atoms with Crippen LogP contribution in [0.1, 0.15) is 44.7 Å². The second-order valence-corrected chi connectivity index (χ2v) is 7.22. The van der Waals surface area contributed by atoms with Gasteiger partial charge in [0.15, 0.2) is 5.54 Å². The number of ketones is 2. The topological polar surface area (TPSA) is 102 Å². The smallest absolute Gasteiger partial charge is 0.410 e. The SMILES string of the molecule is C=C1C(=O)C(NC(C)=O)(c2ccc(C(C)C)cc2OC(=O)NC)C(=O)/C1=C/C=C\C. The highest BCUT2D eigenvalue weighted by molar-refractivity contribution is 6.36. The molecule has 2 N–H and O–H groups in total. The summed E-state index contributed by atoms with van der Waals surface area (Å²) < 4.78 is 5.38. The Morgan fingerprint density at radius 3 is 2.40 bits per heavy atom. The van der Waals surface area contributed by atoms with Crippen LogP contribution in [0.15, 0.2) is 54.2 Å². The van der Waals surface area contributed by atoms with Gasteiger partial charge in [0, 0.05) is 30.7 Å². The summed E-state index contributed by atoms with van der Waals surface area (Å²) in [4.78, 5) is 50.8. The fraction of sp³-hybridized carbons (Fsp3) is 0.304. The van der Waals surface area contributed by atoms with E-state index in [9.17, 15) is 19.2 Å². The van der Waals surface area contributed by atoms with E-state index in [1.165, 1.54) is 26.1 Å². The number of rotatable bonds is 5. The van der Waals surface area contributed by atoms with Gasteiger partial charge in [-0.3, -0.25) is 14.4 Å². The summed E-state index contributed by atoms with van der Waals surface area (Å²) in [6, 6.07) is 4.86. The third-order valence-corrected chi connectivity index (χ3v) is 4.83. The first-order chi connectivity index (χ1) is 14.1. The van der Waals surface area contributed by atoms with Crippen molar-refractivity contribution in [3.8, 4) is 5.75 Å². The molecule has 0 heterocycles. The van der Waals surface area contributed by atoms with Crippen LogP contribution in [0.4, 0.5) is 4.79 Å². The van der Waals surface area contributed by atoms with E-state index in [1.807, 2.05) is 13.8 Å². The first-order valence-electron chi connectivity index (χ1n) is 9.54. The van der Waals surface area contributed by atoms with Crippen LogP contribution >= 0.6 is 0 Å². The Morgan fingerprint density at radius 2 is 1.87 bits per heavy atom. The lowest BCUT2D eigenvalue weighted by Gasteiger charge is -2.29. The summed E-state index contributed by atoms with van der Waals surface area (Å²) in [5, 5.41) is 4.86. The fourth-order valence-corrected chi connectivity index (χ4v) is 3.29. The second kappa shape index (κ2) is 8.90. The highest BCUT2D eigenvalue weighted by Gasteiger charge is 2.57. The van der Waals surface area contributed by atoms with E-state index in [2.05, 4.69) is 17.2 Å². The first kappa shape index (κ1) is 22.8. The Bertz CT molecular complexity index is 987. The van der Waals surface area contributed by atoms with E-state index in [0.29, 0.717) is 0 Å². The number of hydrogen-bond acceptors (Lipinski definition) is 5. The number of nitrogens with one attached hydrogen (secondary N) is 2. The van der Waals surface area contributed by atoms with Crippen LogP contribution in [-0.4, -0.2) is 30.6 Å². The number of allylic oxidation sites excluding steroid dienone is 3. The number of benzene rings is 1. The minimum Gasteiger partial charge on any atom is -0.410 e. The molecule has 0 radical (unpaired) electrons. The van der Waals surface area contributed by atoms with Crippen molar-refractivity contribution in [2.24, 2.45) is 0 Å². The van der Waals surface area contributed by atoms with E-state index in [1.54, 1.807) is 31.2 Å². The van der Waals surface area contributed by atoms with Crippen LogP contribution in [0, 0.1) is 0 Å². The molecule has 7 heteroatoms. The number of hydrogen-bond donors (Lipinski definition) is 2. The fourth-order valence-electron chi connectivity index (χ4n) is 3.29. The Balaban J connectivity index is 2.84. The lowest BCUT2D eigenvalue weighted by Crippen LogP contribution is -2.53. The van der Waals surface area contributed by atoms with Crippen molar-refractivity contribution in [3.63, 3.8) is 0 Å². The third kappa shape index (κ3) is 3.96. The zero-order valence-corrected chi connectivity index (χ0v) is 17.8. The molecule has 1 aromatic carbocycles. The molecule has 0 aliphatic heterocycles. The molecule has 0 aromatic heterocycles. The Hall–Kier alpha value is -3.48. The molecule has 158 valence electrons. The van der Waals surface area contributed by atoms with Crippen LogP contribution in [0.25, 0.3) is 0 Å². The van der Waals surface area contributed by atoms with Crippen molar-refractivity contribution in [1.82, 2.24) is 10.6 Å². The minimum absolute atomic E-state index is 0.0103. The number of amides is 2. The lowest BCUT2D eigenvalue weighted by molar-refractivity contribution is -0.135. The zero-order valence-electron chi connectivity index (χ0n) is 17.8. The average Bonchev–Trinajstić information content (AvgIpc) is 2.87. The summed E-state index contributed by atoms with van der Waals surface area (Å²) in [6.07, 6.45) is 4.03. The van der Waals surface area contributed by atoms with Crippen LogP contribution in [0.3, 0.4) is 0 Å². The molecular weight excluding hydrogens is 384 g/mol. The van der Waals surface area contributed by atoms with Gasteiger partial charge in [-0.25, -0.2) is 4.79 Å². The lowest BCUT2D eigenvalue weighted by atomic mass is 9.83. The van der Waals surface area contributed by atoms with Gasteiger partial charge >= 0.3 is 6.09 Å². The maximum Gasteiger partial charge on any atom is 0.412 e. The van der Waals surface area contributed by atoms with Crippen LogP contribution in [0.5, 0.6) is 5.75 Å². The number of carbonyl (C=O) groups is 4. The number of Topliss-reactive ketones (excluding diaryl/α,β-unsaturated/α-hetero) is 2. The van der Waals surface area contributed by atoms with Gasteiger partial charge in [0.05, 0.1) is 0 Å². The van der Waals surface area contributed by atoms with Gasteiger partial charge in [-0.15, -0.1) is 0 Å². The Labute approximate surface area is 175 Å². The van der Waals surface area contributed by atoms with E-state index in [-0.39, 0.29) is 28.4 Å². The quantitative estimate of drug-likeness (QED) is 0.574. The van der Waals surface area contributed by atoms with Crippen molar-refractivity contribution < 1.29 is 23.9 Å².